The molecule has 3 heterocycles. The Kier molecular flexibility index (Phi) is 6.54. The third-order valence-electron chi connectivity index (χ3n) is 6.16. The van der Waals surface area contributed by atoms with Crippen molar-refractivity contribution >= 4 is 28.9 Å². The van der Waals surface area contributed by atoms with Crippen LogP contribution >= 0.6 is 11.8 Å². The van der Waals surface area contributed by atoms with Gasteiger partial charge in [0.25, 0.3) is 5.56 Å². The van der Waals surface area contributed by atoms with Gasteiger partial charge in [-0.25, -0.2) is 9.78 Å². The molecule has 31 heavy (non-hydrogen) atoms. The van der Waals surface area contributed by atoms with Crippen LogP contribution in [0.2, 0.25) is 0 Å². The monoisotopic (exact) mass is 451 g/mol. The first-order chi connectivity index (χ1) is 14.9. The van der Waals surface area contributed by atoms with E-state index in [1.165, 1.54) is 11.8 Å². The smallest absolute Gasteiger partial charge is 0.330 e. The lowest BCUT2D eigenvalue weighted by atomic mass is 9.84. The number of unbranched alkanes of at least 4 members (excludes halogenated alkanes) is 1. The van der Waals surface area contributed by atoms with Gasteiger partial charge in [-0.3, -0.25) is 24.5 Å². The minimum atomic E-state index is -0.743. The molecule has 10 nitrogen and oxygen atoms in total. The van der Waals surface area contributed by atoms with E-state index in [-0.39, 0.29) is 23.6 Å². The van der Waals surface area contributed by atoms with E-state index >= 15 is 0 Å². The van der Waals surface area contributed by atoms with Crippen molar-refractivity contribution in [3.63, 3.8) is 0 Å². The number of H-pyrrole nitrogens is 1. The summed E-state index contributed by atoms with van der Waals surface area (Å²) in [5.41, 5.74) is -0.249. The Labute approximate surface area is 183 Å². The fourth-order valence-corrected chi connectivity index (χ4v) is 5.52. The van der Waals surface area contributed by atoms with Crippen LogP contribution in [-0.4, -0.2) is 47.9 Å². The van der Waals surface area contributed by atoms with Crippen LogP contribution in [0.25, 0.3) is 11.2 Å². The van der Waals surface area contributed by atoms with E-state index in [4.69, 9.17) is 4.74 Å². The van der Waals surface area contributed by atoms with Gasteiger partial charge in [-0.1, -0.05) is 13.3 Å². The van der Waals surface area contributed by atoms with Gasteiger partial charge in [0, 0.05) is 19.1 Å². The maximum Gasteiger partial charge on any atom is 0.330 e. The Hall–Kier alpha value is -2.11. The molecule has 0 spiro atoms. The molecular formula is C20H29N5O5S. The maximum atomic E-state index is 12.5. The van der Waals surface area contributed by atoms with E-state index < -0.39 is 17.2 Å². The zero-order valence-corrected chi connectivity index (χ0v) is 18.6. The molecule has 2 fully saturated rings. The Morgan fingerprint density at radius 2 is 2.10 bits per heavy atom. The molecule has 11 heteroatoms. The number of aromatic amines is 1. The maximum absolute atomic E-state index is 12.5. The predicted octanol–water partition coefficient (Wildman–Crippen LogP) is 1.46. The summed E-state index contributed by atoms with van der Waals surface area (Å²) in [5.74, 6) is 0.153. The van der Waals surface area contributed by atoms with Crippen LogP contribution in [0.3, 0.4) is 0 Å². The van der Waals surface area contributed by atoms with Gasteiger partial charge >= 0.3 is 11.7 Å². The molecule has 0 bridgehead atoms. The quantitative estimate of drug-likeness (QED) is 0.550. The number of aryl methyl sites for hydroxylation is 2. The zero-order chi connectivity index (χ0) is 22.1. The Morgan fingerprint density at radius 3 is 2.81 bits per heavy atom. The normalized spacial score (nSPS) is 25.7. The fraction of sp³-hybridized carbons (Fsp3) is 0.700. The van der Waals surface area contributed by atoms with Crippen LogP contribution in [0.5, 0.6) is 0 Å². The summed E-state index contributed by atoms with van der Waals surface area (Å²) in [5, 5.41) is 12.7. The summed E-state index contributed by atoms with van der Waals surface area (Å²) in [6, 6.07) is 0.0411. The Balaban J connectivity index is 1.53. The molecule has 2 aliphatic rings. The number of carboxylic acids is 1. The molecule has 1 aliphatic heterocycles. The number of nitrogens with zero attached hydrogens (tertiary/aromatic N) is 3. The summed E-state index contributed by atoms with van der Waals surface area (Å²) in [7, 11) is 0. The van der Waals surface area contributed by atoms with E-state index in [2.05, 4.69) is 15.3 Å². The largest absolute Gasteiger partial charge is 0.481 e. The summed E-state index contributed by atoms with van der Waals surface area (Å²) >= 11 is 1.53. The van der Waals surface area contributed by atoms with Crippen molar-refractivity contribution in [1.29, 1.82) is 0 Å². The van der Waals surface area contributed by atoms with Gasteiger partial charge in [-0.05, 0) is 32.6 Å². The molecule has 0 amide bonds. The van der Waals surface area contributed by atoms with Crippen molar-refractivity contribution in [2.45, 2.75) is 82.5 Å². The molecule has 0 aromatic carbocycles. The molecule has 0 radical (unpaired) electrons. The van der Waals surface area contributed by atoms with Crippen LogP contribution < -0.4 is 16.6 Å². The van der Waals surface area contributed by atoms with E-state index in [9.17, 15) is 19.5 Å². The number of ether oxygens (including phenoxy) is 1. The highest BCUT2D eigenvalue weighted by molar-refractivity contribution is 7.98. The number of aliphatic carboxylic acids is 1. The average molecular weight is 452 g/mol. The molecule has 4 atom stereocenters. The lowest BCUT2D eigenvalue weighted by Crippen LogP contribution is -2.40. The summed E-state index contributed by atoms with van der Waals surface area (Å²) in [4.78, 5) is 43.2. The fourth-order valence-electron chi connectivity index (χ4n) is 4.51. The van der Waals surface area contributed by atoms with Crippen molar-refractivity contribution in [1.82, 2.24) is 24.4 Å². The number of carbonyl (C=O) groups is 1. The number of hydrogen-bond donors (Lipinski definition) is 3. The van der Waals surface area contributed by atoms with Crippen LogP contribution in [-0.2, 0) is 28.4 Å². The average Bonchev–Trinajstić information content (AvgIpc) is 3.32. The molecule has 1 aliphatic carbocycles. The topological polar surface area (TPSA) is 131 Å². The molecule has 2 aromatic heterocycles. The first kappa shape index (κ1) is 22.1. The van der Waals surface area contributed by atoms with Crippen molar-refractivity contribution < 1.29 is 14.6 Å². The third-order valence-corrected chi connectivity index (χ3v) is 7.14. The first-order valence-electron chi connectivity index (χ1n) is 10.9. The molecule has 170 valence electrons. The summed E-state index contributed by atoms with van der Waals surface area (Å²) in [6.45, 7) is 5.07. The van der Waals surface area contributed by atoms with Crippen molar-refractivity contribution in [2.24, 2.45) is 5.92 Å². The number of carboxylic acid groups (broad SMARTS) is 1. The second-order valence-electron chi connectivity index (χ2n) is 8.15. The van der Waals surface area contributed by atoms with Crippen molar-refractivity contribution in [3.05, 3.63) is 26.7 Å². The minimum absolute atomic E-state index is 0.0279. The van der Waals surface area contributed by atoms with Gasteiger partial charge in [0.05, 0.1) is 17.8 Å². The molecule has 1 saturated heterocycles. The van der Waals surface area contributed by atoms with Gasteiger partial charge in [0.2, 0.25) is 0 Å². The number of thioether (sulfide) groups is 1. The lowest BCUT2D eigenvalue weighted by molar-refractivity contribution is -0.143. The number of hydrogen-bond acceptors (Lipinski definition) is 7. The summed E-state index contributed by atoms with van der Waals surface area (Å²) in [6.07, 6.45) is 3.73. The van der Waals surface area contributed by atoms with Gasteiger partial charge in [0.15, 0.2) is 16.7 Å². The molecule has 2 aromatic rings. The standard InChI is InChI=1S/C20H29N5O5S/c1-3-5-8-25-16-15(17(26)23-19(25)29)24(4-2)14(22-16)10-31-20-21-12-9-11(18(27)28)6-7-13(12)30-20/h11-13,20-21H,3-10H2,1-2H3,(H,27,28)(H,23,26,29). The predicted molar refractivity (Wildman–Crippen MR) is 117 cm³/mol. The van der Waals surface area contributed by atoms with Crippen LogP contribution in [0.4, 0.5) is 0 Å². The van der Waals surface area contributed by atoms with Gasteiger partial charge in [-0.15, -0.1) is 11.8 Å². The first-order valence-corrected chi connectivity index (χ1v) is 12.0. The molecule has 4 unspecified atom stereocenters. The zero-order valence-electron chi connectivity index (χ0n) is 17.8. The lowest BCUT2D eigenvalue weighted by Gasteiger charge is -2.27. The Bertz CT molecular complexity index is 1080. The number of fused-ring (bicyclic) bond motifs is 2. The number of nitrogens with one attached hydrogen (secondary N) is 2. The highest BCUT2D eigenvalue weighted by Gasteiger charge is 2.41. The van der Waals surface area contributed by atoms with Crippen LogP contribution in [0, 0.1) is 5.92 Å². The van der Waals surface area contributed by atoms with Gasteiger partial charge in [-0.2, -0.15) is 0 Å². The van der Waals surface area contributed by atoms with E-state index in [0.717, 1.165) is 19.3 Å². The molecule has 1 saturated carbocycles. The van der Waals surface area contributed by atoms with Crippen LogP contribution in [0.15, 0.2) is 9.59 Å². The third kappa shape index (κ3) is 4.31. The van der Waals surface area contributed by atoms with Crippen LogP contribution in [0.1, 0.15) is 51.8 Å². The second kappa shape index (κ2) is 9.17. The number of imidazole rings is 1. The van der Waals surface area contributed by atoms with Gasteiger partial charge in [0.1, 0.15) is 5.82 Å². The molecule has 3 N–H and O–H groups in total. The van der Waals surface area contributed by atoms with Gasteiger partial charge < -0.3 is 14.4 Å². The van der Waals surface area contributed by atoms with Crippen molar-refractivity contribution in [3.8, 4) is 0 Å². The second-order valence-corrected chi connectivity index (χ2v) is 9.20. The van der Waals surface area contributed by atoms with E-state index in [1.54, 1.807) is 4.57 Å². The Morgan fingerprint density at radius 1 is 1.29 bits per heavy atom. The summed E-state index contributed by atoms with van der Waals surface area (Å²) < 4.78 is 9.48. The van der Waals surface area contributed by atoms with E-state index in [0.29, 0.717) is 48.7 Å². The van der Waals surface area contributed by atoms with Crippen molar-refractivity contribution in [2.75, 3.05) is 0 Å². The number of rotatable bonds is 8. The highest BCUT2D eigenvalue weighted by atomic mass is 32.2. The molecular weight excluding hydrogens is 422 g/mol. The van der Waals surface area contributed by atoms with E-state index in [1.807, 2.05) is 18.4 Å². The highest BCUT2D eigenvalue weighted by Crippen LogP contribution is 2.34. The minimum Gasteiger partial charge on any atom is -0.481 e. The number of aromatic nitrogens is 4. The molecule has 4 rings (SSSR count). The SMILES string of the molecule is CCCCn1c(=O)[nH]c(=O)c2c1nc(CSC1NC3CC(C(=O)O)CCC3O1)n2CC.